The van der Waals surface area contributed by atoms with E-state index in [-0.39, 0.29) is 5.91 Å². The maximum absolute atomic E-state index is 12.9. The molecule has 0 aliphatic rings. The van der Waals surface area contributed by atoms with E-state index in [1.807, 2.05) is 19.0 Å². The van der Waals surface area contributed by atoms with Gasteiger partial charge < -0.3 is 15.0 Å². The summed E-state index contributed by atoms with van der Waals surface area (Å²) in [4.78, 5) is 19.0. The van der Waals surface area contributed by atoms with Gasteiger partial charge in [-0.15, -0.1) is 0 Å². The monoisotopic (exact) mass is 414 g/mol. The van der Waals surface area contributed by atoms with E-state index in [2.05, 4.69) is 28.2 Å². The topological polar surface area (TPSA) is 83.6 Å². The van der Waals surface area contributed by atoms with E-state index in [1.165, 1.54) is 7.11 Å². The van der Waals surface area contributed by atoms with Crippen molar-refractivity contribution < 1.29 is 13.7 Å². The van der Waals surface area contributed by atoms with Crippen molar-refractivity contribution in [2.24, 2.45) is 0 Å². The van der Waals surface area contributed by atoms with E-state index in [0.29, 0.717) is 34.1 Å². The predicted octanol–water partition coefficient (Wildman–Crippen LogP) is 2.80. The van der Waals surface area contributed by atoms with Crippen LogP contribution >= 0.6 is 0 Å². The number of nitrogens with zero attached hydrogens (tertiary/aromatic N) is 2. The van der Waals surface area contributed by atoms with E-state index < -0.39 is 11.0 Å². The highest BCUT2D eigenvalue weighted by Gasteiger charge is 2.16. The van der Waals surface area contributed by atoms with E-state index in [1.54, 1.807) is 42.6 Å². The van der Waals surface area contributed by atoms with Crippen LogP contribution in [0.3, 0.4) is 0 Å². The fraction of sp³-hybridized carbons (Fsp3) is 0.238. The largest absolute Gasteiger partial charge is 0.495 e. The van der Waals surface area contributed by atoms with Gasteiger partial charge in [0, 0.05) is 24.2 Å². The van der Waals surface area contributed by atoms with Gasteiger partial charge in [0.25, 0.3) is 5.91 Å². The molecule has 2 rings (SSSR count). The highest BCUT2D eigenvalue weighted by atomic mass is 32.2. The van der Waals surface area contributed by atoms with Gasteiger partial charge in [0.2, 0.25) is 0 Å². The van der Waals surface area contributed by atoms with Gasteiger partial charge in [-0.25, -0.2) is 4.21 Å². The van der Waals surface area contributed by atoms with Gasteiger partial charge in [-0.05, 0) is 44.4 Å². The molecule has 1 aromatic carbocycles. The molecule has 154 valence electrons. The number of ether oxygens (including phenoxy) is 1. The maximum atomic E-state index is 12.9. The van der Waals surface area contributed by atoms with Crippen molar-refractivity contribution in [2.75, 3.05) is 39.0 Å². The molecule has 1 amide bonds. The minimum atomic E-state index is -1.67. The smallest absolute Gasteiger partial charge is 0.251 e. The molecule has 1 aromatic heterocycles. The van der Waals surface area contributed by atoms with Gasteiger partial charge in [-0.3, -0.25) is 14.5 Å². The van der Waals surface area contributed by atoms with Gasteiger partial charge in [-0.1, -0.05) is 19.2 Å². The second-order valence-corrected chi connectivity index (χ2v) is 7.58. The first-order chi connectivity index (χ1) is 13.9. The van der Waals surface area contributed by atoms with Crippen LogP contribution in [-0.4, -0.2) is 54.3 Å². The van der Waals surface area contributed by atoms with E-state index >= 15 is 0 Å². The average molecular weight is 415 g/mol. The first kappa shape index (κ1) is 22.3. The van der Waals surface area contributed by atoms with Crippen LogP contribution in [0.4, 0.5) is 5.69 Å². The van der Waals surface area contributed by atoms with Gasteiger partial charge >= 0.3 is 0 Å². The summed E-state index contributed by atoms with van der Waals surface area (Å²) >= 11 is 0. The molecule has 1 heterocycles. The Morgan fingerprint density at radius 1 is 1.28 bits per heavy atom. The summed E-state index contributed by atoms with van der Waals surface area (Å²) in [7, 11) is 3.68. The molecule has 1 unspecified atom stereocenters. The number of methoxy groups -OCH3 is 1. The summed E-state index contributed by atoms with van der Waals surface area (Å²) < 4.78 is 21.1. The number of anilines is 1. The molecule has 2 N–H and O–H groups in total. The summed E-state index contributed by atoms with van der Waals surface area (Å²) in [6.07, 6.45) is 4.84. The third kappa shape index (κ3) is 6.00. The van der Waals surface area contributed by atoms with E-state index in [4.69, 9.17) is 4.74 Å². The molecule has 0 radical (unpaired) electrons. The summed E-state index contributed by atoms with van der Waals surface area (Å²) in [5, 5.41) is 2.84. The second-order valence-electron chi connectivity index (χ2n) is 6.40. The van der Waals surface area contributed by atoms with Gasteiger partial charge in [0.15, 0.2) is 11.0 Å². The van der Waals surface area contributed by atoms with Crippen molar-refractivity contribution in [1.29, 1.82) is 0 Å². The third-order valence-electron chi connectivity index (χ3n) is 4.04. The lowest BCUT2D eigenvalue weighted by atomic mass is 10.2. The Morgan fingerprint density at radius 3 is 2.66 bits per heavy atom. The van der Waals surface area contributed by atoms with Crippen molar-refractivity contribution >= 4 is 34.7 Å². The molecular formula is C21H26N4O3S. The Kier molecular flexibility index (Phi) is 8.11. The highest BCUT2D eigenvalue weighted by Crippen LogP contribution is 2.25. The van der Waals surface area contributed by atoms with Crippen LogP contribution in [0.5, 0.6) is 5.75 Å². The highest BCUT2D eigenvalue weighted by molar-refractivity contribution is 7.86. The van der Waals surface area contributed by atoms with Crippen LogP contribution in [0.2, 0.25) is 0 Å². The number of carbonyl (C=O) groups excluding carboxylic acids is 1. The number of nitrogens with one attached hydrogen (secondary N) is 2. The van der Waals surface area contributed by atoms with Crippen LogP contribution in [0.25, 0.3) is 12.2 Å². The van der Waals surface area contributed by atoms with Crippen LogP contribution in [0.1, 0.15) is 21.6 Å². The number of carbonyl (C=O) groups is 1. The number of hydrogen-bond donors (Lipinski definition) is 2. The summed E-state index contributed by atoms with van der Waals surface area (Å²) in [6, 6.07) is 6.61. The number of rotatable bonds is 10. The normalized spacial score (nSPS) is 11.6. The molecule has 8 heteroatoms. The number of benzene rings is 1. The number of amides is 1. The Morgan fingerprint density at radius 2 is 2.03 bits per heavy atom. The van der Waals surface area contributed by atoms with Crippen LogP contribution in [0.15, 0.2) is 48.5 Å². The minimum Gasteiger partial charge on any atom is -0.495 e. The molecule has 0 aliphatic heterocycles. The molecule has 0 saturated heterocycles. The number of pyridine rings is 1. The van der Waals surface area contributed by atoms with Crippen molar-refractivity contribution in [3.8, 4) is 5.75 Å². The number of likely N-dealkylation sites (N-methyl/N-ethyl adjacent to an activating group) is 1. The number of hydrogen-bond acceptors (Lipinski definition) is 5. The fourth-order valence-corrected chi connectivity index (χ4v) is 3.51. The third-order valence-corrected chi connectivity index (χ3v) is 5.18. The van der Waals surface area contributed by atoms with Crippen molar-refractivity contribution in [1.82, 2.24) is 15.2 Å². The maximum Gasteiger partial charge on any atom is 0.251 e. The molecule has 2 aromatic rings. The molecule has 29 heavy (non-hydrogen) atoms. The zero-order valence-corrected chi connectivity index (χ0v) is 17.7. The van der Waals surface area contributed by atoms with Crippen molar-refractivity contribution in [3.05, 3.63) is 60.4 Å². The van der Waals surface area contributed by atoms with Gasteiger partial charge in [-0.2, -0.15) is 0 Å². The lowest BCUT2D eigenvalue weighted by Gasteiger charge is -2.13. The summed E-state index contributed by atoms with van der Waals surface area (Å²) in [5.41, 5.74) is 2.40. The standard InChI is InChI=1S/C21H26N4O3S/c1-6-15-12-17(14-23-18(15)7-2)24-29(27)20-13-16(8-9-19(20)28-5)21(26)22-10-11-25(3)4/h6-9,12-14,24H,1-2,10-11H2,3-5H3,(H,22,26). The first-order valence-corrected chi connectivity index (χ1v) is 10.1. The second kappa shape index (κ2) is 10.5. The molecule has 0 fully saturated rings. The number of aromatic nitrogens is 1. The average Bonchev–Trinajstić information content (AvgIpc) is 2.72. The predicted molar refractivity (Wildman–Crippen MR) is 118 cm³/mol. The van der Waals surface area contributed by atoms with Crippen molar-refractivity contribution in [2.45, 2.75) is 4.90 Å². The first-order valence-electron chi connectivity index (χ1n) is 8.94. The zero-order chi connectivity index (χ0) is 21.4. The molecule has 0 spiro atoms. The van der Waals surface area contributed by atoms with E-state index in [0.717, 1.165) is 12.1 Å². The fourth-order valence-electron chi connectivity index (χ4n) is 2.50. The van der Waals surface area contributed by atoms with Crippen LogP contribution in [-0.2, 0) is 11.0 Å². The molecule has 0 bridgehead atoms. The zero-order valence-electron chi connectivity index (χ0n) is 16.9. The lowest BCUT2D eigenvalue weighted by Crippen LogP contribution is -2.31. The van der Waals surface area contributed by atoms with Gasteiger partial charge in [0.05, 0.1) is 24.7 Å². The summed E-state index contributed by atoms with van der Waals surface area (Å²) in [5.74, 6) is 0.180. The van der Waals surface area contributed by atoms with Gasteiger partial charge in [0.1, 0.15) is 10.6 Å². The summed E-state index contributed by atoms with van der Waals surface area (Å²) in [6.45, 7) is 8.70. The molecule has 0 aliphatic carbocycles. The lowest BCUT2D eigenvalue weighted by molar-refractivity contribution is 0.0951. The van der Waals surface area contributed by atoms with E-state index in [9.17, 15) is 9.00 Å². The quantitative estimate of drug-likeness (QED) is 0.625. The molecule has 0 saturated carbocycles. The Labute approximate surface area is 174 Å². The Balaban J connectivity index is 2.23. The Bertz CT molecular complexity index is 928. The molecule has 1 atom stereocenters. The van der Waals surface area contributed by atoms with Crippen LogP contribution < -0.4 is 14.8 Å². The Hall–Kier alpha value is -2.97. The van der Waals surface area contributed by atoms with Crippen molar-refractivity contribution in [3.63, 3.8) is 0 Å². The SMILES string of the molecule is C=Cc1cc(NS(=O)c2cc(C(=O)NCCN(C)C)ccc2OC)cnc1C=C. The van der Waals surface area contributed by atoms with Crippen LogP contribution in [0, 0.1) is 0 Å². The molecule has 7 nitrogen and oxygen atoms in total. The molecular weight excluding hydrogens is 388 g/mol. The minimum absolute atomic E-state index is 0.237.